The van der Waals surface area contributed by atoms with Crippen LogP contribution in [0.1, 0.15) is 19.3 Å². The minimum Gasteiger partial charge on any atom is -0.486 e. The number of rotatable bonds is 2. The van der Waals surface area contributed by atoms with E-state index < -0.39 is 0 Å². The molecule has 1 aromatic heterocycles. The molecule has 3 fully saturated rings. The van der Waals surface area contributed by atoms with Crippen molar-refractivity contribution in [3.8, 4) is 11.5 Å². The molecule has 136 valence electrons. The number of ether oxygens (including phenoxy) is 2. The first-order valence-electron chi connectivity index (χ1n) is 9.31. The molecule has 3 aliphatic heterocycles. The van der Waals surface area contributed by atoms with Crippen LogP contribution < -0.4 is 19.7 Å². The number of nitrogens with one attached hydrogen (secondary N) is 1. The molecule has 6 rings (SSSR count). The first-order valence-corrected chi connectivity index (χ1v) is 10.1. The third-order valence-electron chi connectivity index (χ3n) is 5.80. The van der Waals surface area contributed by atoms with E-state index in [2.05, 4.69) is 10.2 Å². The maximum atomic E-state index is 12.7. The Bertz CT molecular complexity index is 896. The number of likely N-dealkylation sites (tertiary alicyclic amines) is 1. The number of benzene rings is 1. The fourth-order valence-electron chi connectivity index (χ4n) is 4.36. The second-order valence-corrected chi connectivity index (χ2v) is 8.45. The Hall–Kier alpha value is -2.06. The lowest BCUT2D eigenvalue weighted by atomic mass is 10.0. The molecule has 2 amide bonds. The first kappa shape index (κ1) is 15.0. The molecule has 26 heavy (non-hydrogen) atoms. The van der Waals surface area contributed by atoms with Crippen LogP contribution in [0.5, 0.6) is 11.5 Å². The van der Waals surface area contributed by atoms with E-state index in [0.29, 0.717) is 19.0 Å². The standard InChI is InChI=1S/C18H20N4O3S/c23-17-19-11-5-6-21(10-1-2-10)9-12(11)22(17)18-20-15-14(26-18)4-3-13-16(15)25-8-7-24-13/h3-4,10-12H,1-2,5-9H2,(H,19,23)/t11-,12+/m0/s1. The topological polar surface area (TPSA) is 66.9 Å². The minimum absolute atomic E-state index is 0.0252. The number of urea groups is 1. The largest absolute Gasteiger partial charge is 0.486 e. The fraction of sp³-hybridized carbons (Fsp3) is 0.556. The van der Waals surface area contributed by atoms with E-state index in [1.807, 2.05) is 17.0 Å². The summed E-state index contributed by atoms with van der Waals surface area (Å²) in [6.07, 6.45) is 3.60. The third-order valence-corrected chi connectivity index (χ3v) is 6.82. The summed E-state index contributed by atoms with van der Waals surface area (Å²) in [5, 5.41) is 3.92. The van der Waals surface area contributed by atoms with Gasteiger partial charge >= 0.3 is 6.03 Å². The van der Waals surface area contributed by atoms with Crippen molar-refractivity contribution < 1.29 is 14.3 Å². The van der Waals surface area contributed by atoms with Crippen molar-refractivity contribution in [3.63, 3.8) is 0 Å². The second-order valence-electron chi connectivity index (χ2n) is 7.44. The molecule has 2 atom stereocenters. The zero-order valence-electron chi connectivity index (χ0n) is 14.3. The van der Waals surface area contributed by atoms with Gasteiger partial charge in [-0.3, -0.25) is 9.80 Å². The van der Waals surface area contributed by atoms with E-state index in [9.17, 15) is 4.79 Å². The van der Waals surface area contributed by atoms with Crippen molar-refractivity contribution in [1.82, 2.24) is 15.2 Å². The highest BCUT2D eigenvalue weighted by Gasteiger charge is 2.47. The van der Waals surface area contributed by atoms with Crippen LogP contribution in [-0.2, 0) is 0 Å². The lowest BCUT2D eigenvalue weighted by molar-refractivity contribution is 0.173. The zero-order valence-corrected chi connectivity index (χ0v) is 15.1. The molecule has 0 bridgehead atoms. The predicted octanol–water partition coefficient (Wildman–Crippen LogP) is 2.20. The summed E-state index contributed by atoms with van der Waals surface area (Å²) in [7, 11) is 0. The Kier molecular flexibility index (Phi) is 3.16. The average molecular weight is 372 g/mol. The average Bonchev–Trinajstić information content (AvgIpc) is 3.33. The van der Waals surface area contributed by atoms with Gasteiger partial charge in [0.05, 0.1) is 16.8 Å². The number of hydrogen-bond donors (Lipinski definition) is 1. The van der Waals surface area contributed by atoms with Crippen molar-refractivity contribution in [1.29, 1.82) is 0 Å². The summed E-state index contributed by atoms with van der Waals surface area (Å²) in [4.78, 5) is 21.9. The summed E-state index contributed by atoms with van der Waals surface area (Å²) in [5.41, 5.74) is 0.799. The maximum absolute atomic E-state index is 12.7. The van der Waals surface area contributed by atoms with Crippen LogP contribution in [0.25, 0.3) is 10.2 Å². The van der Waals surface area contributed by atoms with Crippen LogP contribution in [0.4, 0.5) is 9.93 Å². The van der Waals surface area contributed by atoms with Crippen LogP contribution in [0, 0.1) is 0 Å². The molecule has 1 saturated carbocycles. The summed E-state index contributed by atoms with van der Waals surface area (Å²) in [6, 6.07) is 5.01. The Balaban J connectivity index is 1.38. The van der Waals surface area contributed by atoms with Gasteiger partial charge in [-0.05, 0) is 31.4 Å². The summed E-state index contributed by atoms with van der Waals surface area (Å²) in [6.45, 7) is 3.11. The first-order chi connectivity index (χ1) is 12.8. The van der Waals surface area contributed by atoms with E-state index in [1.165, 1.54) is 12.8 Å². The molecule has 2 saturated heterocycles. The van der Waals surface area contributed by atoms with Gasteiger partial charge in [-0.15, -0.1) is 0 Å². The SMILES string of the molecule is O=C1N[C@H]2CCN(C3CC3)C[C@H]2N1c1nc2c3c(ccc2s1)OCCO3. The van der Waals surface area contributed by atoms with Crippen LogP contribution in [0.15, 0.2) is 12.1 Å². The van der Waals surface area contributed by atoms with Crippen LogP contribution in [-0.4, -0.2) is 60.3 Å². The van der Waals surface area contributed by atoms with Crippen molar-refractivity contribution in [3.05, 3.63) is 12.1 Å². The fourth-order valence-corrected chi connectivity index (χ4v) is 5.38. The monoisotopic (exact) mass is 372 g/mol. The van der Waals surface area contributed by atoms with E-state index in [-0.39, 0.29) is 18.1 Å². The lowest BCUT2D eigenvalue weighted by Crippen LogP contribution is -2.52. The predicted molar refractivity (Wildman–Crippen MR) is 98.4 cm³/mol. The van der Waals surface area contributed by atoms with Gasteiger partial charge in [0, 0.05) is 19.1 Å². The number of nitrogens with zero attached hydrogens (tertiary/aromatic N) is 3. The normalized spacial score (nSPS) is 28.3. The van der Waals surface area contributed by atoms with Crippen LogP contribution >= 0.6 is 11.3 Å². The van der Waals surface area contributed by atoms with Gasteiger partial charge in [-0.25, -0.2) is 9.78 Å². The molecule has 2 aromatic rings. The molecule has 1 N–H and O–H groups in total. The highest BCUT2D eigenvalue weighted by atomic mass is 32.1. The summed E-state index contributed by atoms with van der Waals surface area (Å²) < 4.78 is 12.5. The van der Waals surface area contributed by atoms with Crippen molar-refractivity contribution in [2.45, 2.75) is 37.4 Å². The summed E-state index contributed by atoms with van der Waals surface area (Å²) >= 11 is 1.55. The lowest BCUT2D eigenvalue weighted by Gasteiger charge is -2.36. The van der Waals surface area contributed by atoms with Gasteiger partial charge in [-0.2, -0.15) is 0 Å². The number of thiazole rings is 1. The molecule has 1 aromatic carbocycles. The van der Waals surface area contributed by atoms with Gasteiger partial charge in [-0.1, -0.05) is 11.3 Å². The van der Waals surface area contributed by atoms with E-state index >= 15 is 0 Å². The highest BCUT2D eigenvalue weighted by molar-refractivity contribution is 7.22. The smallest absolute Gasteiger partial charge is 0.324 e. The van der Waals surface area contributed by atoms with Crippen molar-refractivity contribution >= 4 is 32.7 Å². The van der Waals surface area contributed by atoms with Crippen molar-refractivity contribution in [2.24, 2.45) is 0 Å². The zero-order chi connectivity index (χ0) is 17.3. The van der Waals surface area contributed by atoms with Gasteiger partial charge in [0.2, 0.25) is 0 Å². The molecule has 4 aliphatic rings. The second kappa shape index (κ2) is 5.47. The number of carbonyl (C=O) groups excluding carboxylic acids is 1. The number of anilines is 1. The number of aromatic nitrogens is 1. The molecular formula is C18H20N4O3S. The highest BCUT2D eigenvalue weighted by Crippen LogP contribution is 2.43. The number of hydrogen-bond acceptors (Lipinski definition) is 6. The Morgan fingerprint density at radius 3 is 2.96 bits per heavy atom. The van der Waals surface area contributed by atoms with Gasteiger partial charge in [0.1, 0.15) is 18.7 Å². The van der Waals surface area contributed by atoms with Gasteiger partial charge in [0.25, 0.3) is 0 Å². The molecule has 7 nitrogen and oxygen atoms in total. The number of carbonyl (C=O) groups is 1. The molecular weight excluding hydrogens is 352 g/mol. The van der Waals surface area contributed by atoms with Crippen molar-refractivity contribution in [2.75, 3.05) is 31.2 Å². The van der Waals surface area contributed by atoms with E-state index in [4.69, 9.17) is 14.5 Å². The summed E-state index contributed by atoms with van der Waals surface area (Å²) in [5.74, 6) is 1.44. The van der Waals surface area contributed by atoms with Crippen LogP contribution in [0.2, 0.25) is 0 Å². The molecule has 8 heteroatoms. The molecule has 0 radical (unpaired) electrons. The minimum atomic E-state index is -0.0252. The number of fused-ring (bicyclic) bond motifs is 4. The quantitative estimate of drug-likeness (QED) is 0.875. The number of amides is 2. The Labute approximate surface area is 154 Å². The Morgan fingerprint density at radius 1 is 1.19 bits per heavy atom. The van der Waals surface area contributed by atoms with E-state index in [1.54, 1.807) is 11.3 Å². The van der Waals surface area contributed by atoms with Gasteiger partial charge < -0.3 is 14.8 Å². The molecule has 1 aliphatic carbocycles. The molecule has 0 unspecified atom stereocenters. The third kappa shape index (κ3) is 2.21. The van der Waals surface area contributed by atoms with E-state index in [0.717, 1.165) is 46.6 Å². The number of piperidine rings is 1. The van der Waals surface area contributed by atoms with Gasteiger partial charge in [0.15, 0.2) is 16.6 Å². The van der Waals surface area contributed by atoms with Crippen LogP contribution in [0.3, 0.4) is 0 Å². The molecule has 0 spiro atoms. The Morgan fingerprint density at radius 2 is 2.08 bits per heavy atom. The molecule has 4 heterocycles. The maximum Gasteiger partial charge on any atom is 0.324 e.